The number of thioether (sulfide) groups is 1. The predicted molar refractivity (Wildman–Crippen MR) is 122 cm³/mol. The molecule has 2 aromatic carbocycles. The summed E-state index contributed by atoms with van der Waals surface area (Å²) in [6.45, 7) is 4.20. The molecule has 0 N–H and O–H groups in total. The second-order valence-electron chi connectivity index (χ2n) is 6.55. The van der Waals surface area contributed by atoms with Crippen LogP contribution < -0.4 is 4.74 Å². The third-order valence-electron chi connectivity index (χ3n) is 4.42. The van der Waals surface area contributed by atoms with Gasteiger partial charge in [-0.2, -0.15) is 0 Å². The molecule has 29 heavy (non-hydrogen) atoms. The van der Waals surface area contributed by atoms with Crippen molar-refractivity contribution in [3.8, 4) is 22.0 Å². The molecule has 2 aromatic heterocycles. The standard InChI is InChI=1S/C21H19BrN4OS2/c1-13-4-6-18(14(2)8-13)26-12-23-25-21(26)29-11-16-10-28-20(24-16)17-9-15(22)5-7-19(17)27-3/h4-10,12H,11H2,1-3H3. The number of hydrogen-bond donors (Lipinski definition) is 0. The first-order valence-electron chi connectivity index (χ1n) is 8.94. The van der Waals surface area contributed by atoms with Gasteiger partial charge in [0, 0.05) is 15.6 Å². The summed E-state index contributed by atoms with van der Waals surface area (Å²) in [6.07, 6.45) is 1.76. The molecule has 0 saturated heterocycles. The molecular weight excluding hydrogens is 468 g/mol. The number of aromatic nitrogens is 4. The SMILES string of the molecule is COc1ccc(Br)cc1-c1nc(CSc2nncn2-c2ccc(C)cc2C)cs1. The van der Waals surface area contributed by atoms with Crippen LogP contribution in [0.25, 0.3) is 16.3 Å². The van der Waals surface area contributed by atoms with E-state index in [2.05, 4.69) is 63.6 Å². The molecule has 0 fully saturated rings. The van der Waals surface area contributed by atoms with Crippen molar-refractivity contribution in [3.05, 3.63) is 69.4 Å². The molecule has 148 valence electrons. The molecule has 8 heteroatoms. The number of halogens is 1. The van der Waals surface area contributed by atoms with Crippen LogP contribution in [0.15, 0.2) is 57.7 Å². The molecule has 0 bridgehead atoms. The minimum absolute atomic E-state index is 0.719. The molecular formula is C21H19BrN4OS2. The van der Waals surface area contributed by atoms with Crippen LogP contribution in [0.1, 0.15) is 16.8 Å². The van der Waals surface area contributed by atoms with Gasteiger partial charge < -0.3 is 4.74 Å². The van der Waals surface area contributed by atoms with Gasteiger partial charge in [-0.15, -0.1) is 21.5 Å². The molecule has 0 unspecified atom stereocenters. The van der Waals surface area contributed by atoms with Crippen molar-refractivity contribution in [1.82, 2.24) is 19.7 Å². The second kappa shape index (κ2) is 8.69. The van der Waals surface area contributed by atoms with Gasteiger partial charge in [-0.1, -0.05) is 45.4 Å². The van der Waals surface area contributed by atoms with E-state index < -0.39 is 0 Å². The van der Waals surface area contributed by atoms with E-state index in [0.717, 1.165) is 43.1 Å². The highest BCUT2D eigenvalue weighted by Gasteiger charge is 2.14. The Hall–Kier alpha value is -2.16. The Balaban J connectivity index is 1.54. The zero-order chi connectivity index (χ0) is 20.4. The maximum atomic E-state index is 5.49. The van der Waals surface area contributed by atoms with E-state index in [1.165, 1.54) is 11.1 Å². The van der Waals surface area contributed by atoms with Gasteiger partial charge in [0.05, 0.1) is 24.1 Å². The highest BCUT2D eigenvalue weighted by molar-refractivity contribution is 9.10. The lowest BCUT2D eigenvalue weighted by Crippen LogP contribution is -1.98. The van der Waals surface area contributed by atoms with Gasteiger partial charge >= 0.3 is 0 Å². The molecule has 2 heterocycles. The first-order valence-corrected chi connectivity index (χ1v) is 11.6. The Morgan fingerprint density at radius 3 is 2.83 bits per heavy atom. The van der Waals surface area contributed by atoms with E-state index >= 15 is 0 Å². The fraction of sp³-hybridized carbons (Fsp3) is 0.190. The van der Waals surface area contributed by atoms with Gasteiger partial charge in [0.25, 0.3) is 0 Å². The number of benzene rings is 2. The molecule has 0 spiro atoms. The lowest BCUT2D eigenvalue weighted by molar-refractivity contribution is 0.416. The number of thiazole rings is 1. The number of nitrogens with zero attached hydrogens (tertiary/aromatic N) is 4. The molecule has 0 amide bonds. The summed E-state index contributed by atoms with van der Waals surface area (Å²) in [5, 5.41) is 12.3. The van der Waals surface area contributed by atoms with Crippen molar-refractivity contribution < 1.29 is 4.74 Å². The zero-order valence-electron chi connectivity index (χ0n) is 16.2. The summed E-state index contributed by atoms with van der Waals surface area (Å²) < 4.78 is 8.52. The minimum atomic E-state index is 0.719. The Bertz CT molecular complexity index is 1160. The van der Waals surface area contributed by atoms with E-state index in [-0.39, 0.29) is 0 Å². The summed E-state index contributed by atoms with van der Waals surface area (Å²) in [5.41, 5.74) is 5.53. The van der Waals surface area contributed by atoms with Crippen LogP contribution >= 0.6 is 39.0 Å². The largest absolute Gasteiger partial charge is 0.496 e. The van der Waals surface area contributed by atoms with Crippen molar-refractivity contribution in [2.45, 2.75) is 24.8 Å². The summed E-state index contributed by atoms with van der Waals surface area (Å²) >= 11 is 6.77. The van der Waals surface area contributed by atoms with Gasteiger partial charge in [0.1, 0.15) is 17.1 Å². The van der Waals surface area contributed by atoms with Crippen molar-refractivity contribution in [1.29, 1.82) is 0 Å². The predicted octanol–water partition coefficient (Wildman–Crippen LogP) is 6.07. The lowest BCUT2D eigenvalue weighted by Gasteiger charge is -2.09. The molecule has 0 saturated carbocycles. The number of hydrogen-bond acceptors (Lipinski definition) is 6. The topological polar surface area (TPSA) is 52.8 Å². The van der Waals surface area contributed by atoms with Gasteiger partial charge in [0.15, 0.2) is 5.16 Å². The fourth-order valence-electron chi connectivity index (χ4n) is 3.05. The van der Waals surface area contributed by atoms with Gasteiger partial charge in [0.2, 0.25) is 0 Å². The Kier molecular flexibility index (Phi) is 6.03. The van der Waals surface area contributed by atoms with Crippen molar-refractivity contribution in [2.24, 2.45) is 0 Å². The van der Waals surface area contributed by atoms with E-state index in [1.807, 2.05) is 22.8 Å². The second-order valence-corrected chi connectivity index (χ2v) is 9.27. The van der Waals surface area contributed by atoms with Crippen LogP contribution in [0.2, 0.25) is 0 Å². The number of aryl methyl sites for hydroxylation is 2. The first kappa shape index (κ1) is 20.1. The van der Waals surface area contributed by atoms with Crippen molar-refractivity contribution >= 4 is 39.0 Å². The Morgan fingerprint density at radius 2 is 2.03 bits per heavy atom. The van der Waals surface area contributed by atoms with Crippen molar-refractivity contribution in [2.75, 3.05) is 7.11 Å². The van der Waals surface area contributed by atoms with E-state index in [0.29, 0.717) is 0 Å². The molecule has 0 atom stereocenters. The van der Waals surface area contributed by atoms with E-state index in [9.17, 15) is 0 Å². The maximum absolute atomic E-state index is 5.49. The summed E-state index contributed by atoms with van der Waals surface area (Å²) in [7, 11) is 1.68. The van der Waals surface area contributed by atoms with Gasteiger partial charge in [-0.05, 0) is 43.7 Å². The molecule has 0 aliphatic carbocycles. The Morgan fingerprint density at radius 1 is 1.17 bits per heavy atom. The van der Waals surface area contributed by atoms with Gasteiger partial charge in [-0.3, -0.25) is 4.57 Å². The normalized spacial score (nSPS) is 11.0. The van der Waals surface area contributed by atoms with E-state index in [1.54, 1.807) is 36.5 Å². The first-order chi connectivity index (χ1) is 14.0. The minimum Gasteiger partial charge on any atom is -0.496 e. The average molecular weight is 487 g/mol. The average Bonchev–Trinajstić information content (AvgIpc) is 3.36. The molecule has 0 aliphatic heterocycles. The van der Waals surface area contributed by atoms with Crippen LogP contribution in [0.3, 0.4) is 0 Å². The fourth-order valence-corrected chi connectivity index (χ4v) is 5.17. The third-order valence-corrected chi connectivity index (χ3v) is 6.82. The highest BCUT2D eigenvalue weighted by atomic mass is 79.9. The monoisotopic (exact) mass is 486 g/mol. The zero-order valence-corrected chi connectivity index (χ0v) is 19.4. The van der Waals surface area contributed by atoms with Crippen molar-refractivity contribution in [3.63, 3.8) is 0 Å². The summed E-state index contributed by atoms with van der Waals surface area (Å²) in [5.74, 6) is 1.53. The third kappa shape index (κ3) is 4.39. The van der Waals surface area contributed by atoms with Crippen LogP contribution in [0.4, 0.5) is 0 Å². The molecule has 4 aromatic rings. The van der Waals surface area contributed by atoms with Crippen LogP contribution in [-0.4, -0.2) is 26.9 Å². The summed E-state index contributed by atoms with van der Waals surface area (Å²) in [4.78, 5) is 4.80. The van der Waals surface area contributed by atoms with Gasteiger partial charge in [-0.25, -0.2) is 4.98 Å². The van der Waals surface area contributed by atoms with E-state index in [4.69, 9.17) is 9.72 Å². The summed E-state index contributed by atoms with van der Waals surface area (Å²) in [6, 6.07) is 12.3. The van der Waals surface area contributed by atoms with Crippen LogP contribution in [0, 0.1) is 13.8 Å². The molecule has 4 rings (SSSR count). The quantitative estimate of drug-likeness (QED) is 0.309. The number of ether oxygens (including phenoxy) is 1. The maximum Gasteiger partial charge on any atom is 0.196 e. The smallest absolute Gasteiger partial charge is 0.196 e. The van der Waals surface area contributed by atoms with Crippen LogP contribution in [-0.2, 0) is 5.75 Å². The molecule has 0 aliphatic rings. The van der Waals surface area contributed by atoms with Crippen LogP contribution in [0.5, 0.6) is 5.75 Å². The number of rotatable bonds is 6. The molecule has 0 radical (unpaired) electrons. The number of methoxy groups -OCH3 is 1. The lowest BCUT2D eigenvalue weighted by atomic mass is 10.1. The Labute approximate surface area is 186 Å². The molecule has 5 nitrogen and oxygen atoms in total. The highest BCUT2D eigenvalue weighted by Crippen LogP contribution is 2.35.